The predicted molar refractivity (Wildman–Crippen MR) is 60.7 cm³/mol. The van der Waals surface area contributed by atoms with Gasteiger partial charge >= 0.3 is 5.97 Å². The topological polar surface area (TPSA) is 76.1 Å². The molecule has 5 heteroatoms. The molecule has 90 valence electrons. The molecule has 0 amide bonds. The summed E-state index contributed by atoms with van der Waals surface area (Å²) in [5, 5.41) is 8.67. The Balaban J connectivity index is 3.23. The van der Waals surface area contributed by atoms with Crippen molar-refractivity contribution in [1.82, 2.24) is 0 Å². The summed E-state index contributed by atoms with van der Waals surface area (Å²) in [5.74, 6) is -1.81. The van der Waals surface area contributed by atoms with Crippen LogP contribution in [0.25, 0.3) is 0 Å². The van der Waals surface area contributed by atoms with Gasteiger partial charge in [-0.2, -0.15) is 5.26 Å². The largest absolute Gasteiger partial charge is 0.456 e. The number of carbonyl (C=O) groups excluding carboxylic acids is 1. The molecule has 0 aromatic heterocycles. The second-order valence-corrected chi connectivity index (χ2v) is 4.51. The van der Waals surface area contributed by atoms with Gasteiger partial charge in [0.25, 0.3) is 0 Å². The molecular formula is C12H13FN2O2. The van der Waals surface area contributed by atoms with Gasteiger partial charge in [-0.15, -0.1) is 0 Å². The molecule has 0 saturated heterocycles. The molecule has 0 atom stereocenters. The van der Waals surface area contributed by atoms with E-state index in [0.29, 0.717) is 0 Å². The summed E-state index contributed by atoms with van der Waals surface area (Å²) in [7, 11) is 0. The lowest BCUT2D eigenvalue weighted by Crippen LogP contribution is -2.25. The van der Waals surface area contributed by atoms with Crippen LogP contribution in [0.15, 0.2) is 12.1 Å². The third-order valence-electron chi connectivity index (χ3n) is 1.90. The molecule has 0 aliphatic heterocycles. The maximum atomic E-state index is 13.8. The van der Waals surface area contributed by atoms with E-state index in [0.717, 1.165) is 0 Å². The monoisotopic (exact) mass is 236 g/mol. The lowest BCUT2D eigenvalue weighted by atomic mass is 10.1. The average Bonchev–Trinajstić information content (AvgIpc) is 2.15. The second kappa shape index (κ2) is 4.42. The zero-order valence-corrected chi connectivity index (χ0v) is 9.87. The van der Waals surface area contributed by atoms with E-state index < -0.39 is 17.4 Å². The van der Waals surface area contributed by atoms with Crippen LogP contribution in [0.2, 0.25) is 0 Å². The van der Waals surface area contributed by atoms with E-state index in [1.165, 1.54) is 12.1 Å². The van der Waals surface area contributed by atoms with Gasteiger partial charge in [-0.25, -0.2) is 9.18 Å². The highest BCUT2D eigenvalue weighted by molar-refractivity contribution is 5.96. The number of benzene rings is 1. The van der Waals surface area contributed by atoms with E-state index in [9.17, 15) is 9.18 Å². The molecule has 17 heavy (non-hydrogen) atoms. The van der Waals surface area contributed by atoms with Crippen LogP contribution in [-0.2, 0) is 4.74 Å². The van der Waals surface area contributed by atoms with Crippen LogP contribution in [-0.4, -0.2) is 11.6 Å². The predicted octanol–water partition coefficient (Wildman–Crippen LogP) is 2.23. The van der Waals surface area contributed by atoms with Gasteiger partial charge in [-0.05, 0) is 32.9 Å². The molecule has 4 nitrogen and oxygen atoms in total. The minimum Gasteiger partial charge on any atom is -0.456 e. The first-order valence-corrected chi connectivity index (χ1v) is 4.97. The first kappa shape index (κ1) is 13.0. The number of hydrogen-bond acceptors (Lipinski definition) is 4. The molecule has 0 bridgehead atoms. The number of nitriles is 1. The number of nitrogens with two attached hydrogens (primary N) is 1. The van der Waals surface area contributed by atoms with Crippen molar-refractivity contribution in [3.63, 3.8) is 0 Å². The van der Waals surface area contributed by atoms with Gasteiger partial charge in [0.1, 0.15) is 17.2 Å². The van der Waals surface area contributed by atoms with Gasteiger partial charge < -0.3 is 10.5 Å². The fourth-order valence-electron chi connectivity index (χ4n) is 1.21. The molecule has 0 aliphatic rings. The molecular weight excluding hydrogens is 223 g/mol. The number of ether oxygens (including phenoxy) is 1. The molecule has 1 aromatic carbocycles. The number of halogens is 1. The first-order chi connectivity index (χ1) is 7.76. The molecule has 0 heterocycles. The molecule has 2 N–H and O–H groups in total. The quantitative estimate of drug-likeness (QED) is 0.599. The lowest BCUT2D eigenvalue weighted by molar-refractivity contribution is 0.00660. The number of nitrogens with zero attached hydrogens (tertiary/aromatic N) is 1. The summed E-state index contributed by atoms with van der Waals surface area (Å²) in [4.78, 5) is 11.7. The van der Waals surface area contributed by atoms with Gasteiger partial charge in [0.05, 0.1) is 5.56 Å². The van der Waals surface area contributed by atoms with Gasteiger partial charge in [-0.1, -0.05) is 0 Å². The summed E-state index contributed by atoms with van der Waals surface area (Å²) < 4.78 is 18.8. The summed E-state index contributed by atoms with van der Waals surface area (Å²) >= 11 is 0. The maximum absolute atomic E-state index is 13.8. The third-order valence-corrected chi connectivity index (χ3v) is 1.90. The van der Waals surface area contributed by atoms with E-state index >= 15 is 0 Å². The molecule has 0 fully saturated rings. The van der Waals surface area contributed by atoms with E-state index in [1.54, 1.807) is 26.8 Å². The van der Waals surface area contributed by atoms with E-state index in [1.807, 2.05) is 0 Å². The summed E-state index contributed by atoms with van der Waals surface area (Å²) in [6.07, 6.45) is 0. The van der Waals surface area contributed by atoms with Gasteiger partial charge in [-0.3, -0.25) is 0 Å². The zero-order valence-electron chi connectivity index (χ0n) is 9.87. The minimum atomic E-state index is -0.943. The maximum Gasteiger partial charge on any atom is 0.343 e. The fraction of sp³-hybridized carbons (Fsp3) is 0.333. The highest BCUT2D eigenvalue weighted by Gasteiger charge is 2.24. The molecule has 0 saturated carbocycles. The Morgan fingerprint density at radius 2 is 2.06 bits per heavy atom. The highest BCUT2D eigenvalue weighted by Crippen LogP contribution is 2.22. The Kier molecular flexibility index (Phi) is 3.37. The zero-order chi connectivity index (χ0) is 13.2. The van der Waals surface area contributed by atoms with Crippen LogP contribution < -0.4 is 5.73 Å². The Morgan fingerprint density at radius 1 is 1.47 bits per heavy atom. The van der Waals surface area contributed by atoms with Crippen molar-refractivity contribution < 1.29 is 13.9 Å². The van der Waals surface area contributed by atoms with Crippen molar-refractivity contribution in [3.8, 4) is 6.07 Å². The standard InChI is InChI=1S/C12H13FN2O2/c1-12(2,3)17-11(16)9-8(15)5-4-7(6-14)10(9)13/h4-5H,15H2,1-3H3. The number of hydrogen-bond donors (Lipinski definition) is 1. The average molecular weight is 236 g/mol. The number of anilines is 1. The SMILES string of the molecule is CC(C)(C)OC(=O)c1c(N)ccc(C#N)c1F. The van der Waals surface area contributed by atoms with Crippen LogP contribution in [0.1, 0.15) is 36.7 Å². The smallest absolute Gasteiger partial charge is 0.343 e. The van der Waals surface area contributed by atoms with Crippen molar-refractivity contribution in [3.05, 3.63) is 29.1 Å². The van der Waals surface area contributed by atoms with Gasteiger partial charge in [0, 0.05) is 5.69 Å². The van der Waals surface area contributed by atoms with Gasteiger partial charge in [0.2, 0.25) is 0 Å². The Morgan fingerprint density at radius 3 is 2.53 bits per heavy atom. The van der Waals surface area contributed by atoms with Crippen LogP contribution in [0.5, 0.6) is 0 Å². The van der Waals surface area contributed by atoms with Crippen molar-refractivity contribution in [2.75, 3.05) is 5.73 Å². The van der Waals surface area contributed by atoms with Gasteiger partial charge in [0.15, 0.2) is 5.82 Å². The third kappa shape index (κ3) is 2.94. The van der Waals surface area contributed by atoms with Crippen LogP contribution in [0.4, 0.5) is 10.1 Å². The van der Waals surface area contributed by atoms with E-state index in [-0.39, 0.29) is 16.8 Å². The minimum absolute atomic E-state index is 0.0456. The van der Waals surface area contributed by atoms with Crippen molar-refractivity contribution in [1.29, 1.82) is 5.26 Å². The number of esters is 1. The van der Waals surface area contributed by atoms with E-state index in [4.69, 9.17) is 15.7 Å². The van der Waals surface area contributed by atoms with Crippen molar-refractivity contribution in [2.45, 2.75) is 26.4 Å². The molecule has 0 radical (unpaired) electrons. The normalized spacial score (nSPS) is 10.8. The number of carbonyl (C=O) groups is 1. The van der Waals surface area contributed by atoms with Crippen molar-refractivity contribution >= 4 is 11.7 Å². The number of nitrogen functional groups attached to an aromatic ring is 1. The second-order valence-electron chi connectivity index (χ2n) is 4.51. The highest BCUT2D eigenvalue weighted by atomic mass is 19.1. The molecule has 1 rings (SSSR count). The Bertz CT molecular complexity index is 498. The Hall–Kier alpha value is -2.09. The molecule has 0 spiro atoms. The molecule has 0 aliphatic carbocycles. The first-order valence-electron chi connectivity index (χ1n) is 4.97. The van der Waals surface area contributed by atoms with Crippen LogP contribution >= 0.6 is 0 Å². The number of rotatable bonds is 1. The summed E-state index contributed by atoms with van der Waals surface area (Å²) in [6.45, 7) is 4.98. The Labute approximate surface area is 98.8 Å². The summed E-state index contributed by atoms with van der Waals surface area (Å²) in [6, 6.07) is 4.17. The molecule has 0 unspecified atom stereocenters. The molecule has 1 aromatic rings. The van der Waals surface area contributed by atoms with Crippen LogP contribution in [0.3, 0.4) is 0 Å². The van der Waals surface area contributed by atoms with Crippen molar-refractivity contribution in [2.24, 2.45) is 0 Å². The lowest BCUT2D eigenvalue weighted by Gasteiger charge is -2.20. The summed E-state index contributed by atoms with van der Waals surface area (Å²) in [5.41, 5.74) is 4.09. The van der Waals surface area contributed by atoms with Crippen LogP contribution in [0, 0.1) is 17.1 Å². The fourth-order valence-corrected chi connectivity index (χ4v) is 1.21. The van der Waals surface area contributed by atoms with E-state index in [2.05, 4.69) is 0 Å².